The van der Waals surface area contributed by atoms with E-state index in [-0.39, 0.29) is 11.0 Å². The molecule has 0 bridgehead atoms. The van der Waals surface area contributed by atoms with Crippen LogP contribution in [0.5, 0.6) is 5.75 Å². The second-order valence-electron chi connectivity index (χ2n) is 6.84. The zero-order valence-electron chi connectivity index (χ0n) is 15.8. The van der Waals surface area contributed by atoms with Crippen molar-refractivity contribution in [1.29, 1.82) is 0 Å². The number of rotatable bonds is 6. The number of thiocarbonyl (C=S) groups is 1. The van der Waals surface area contributed by atoms with Crippen molar-refractivity contribution < 1.29 is 9.53 Å². The van der Waals surface area contributed by atoms with Crippen molar-refractivity contribution in [2.24, 2.45) is 5.92 Å². The van der Waals surface area contributed by atoms with E-state index in [0.29, 0.717) is 23.8 Å². The molecule has 0 aromatic heterocycles. The number of hydrogen-bond acceptors (Lipinski definition) is 3. The molecule has 0 fully saturated rings. The lowest BCUT2D eigenvalue weighted by molar-refractivity contribution is 0.0977. The standard InChI is InChI=1S/C21H26N2O2S/c1-14(2)8-9-25-19-7-5-6-17(13-19)20(24)23-21(26)22-18-11-15(3)10-16(4)12-18/h5-7,10-14H,8-9H2,1-4H3,(H2,22,23,24,26). The molecule has 0 heterocycles. The molecule has 0 aliphatic rings. The van der Waals surface area contributed by atoms with Gasteiger partial charge in [-0.05, 0) is 79.9 Å². The summed E-state index contributed by atoms with van der Waals surface area (Å²) in [7, 11) is 0. The Hall–Kier alpha value is -2.40. The molecule has 2 aromatic carbocycles. The molecule has 0 aliphatic heterocycles. The van der Waals surface area contributed by atoms with Gasteiger partial charge in [-0.1, -0.05) is 26.0 Å². The number of ether oxygens (including phenoxy) is 1. The number of carbonyl (C=O) groups is 1. The van der Waals surface area contributed by atoms with E-state index in [1.165, 1.54) is 0 Å². The van der Waals surface area contributed by atoms with E-state index in [9.17, 15) is 4.79 Å². The molecule has 2 rings (SSSR count). The third-order valence-corrected chi connectivity index (χ3v) is 3.97. The Labute approximate surface area is 161 Å². The zero-order chi connectivity index (χ0) is 19.1. The Morgan fingerprint density at radius 3 is 2.46 bits per heavy atom. The van der Waals surface area contributed by atoms with E-state index in [4.69, 9.17) is 17.0 Å². The Kier molecular flexibility index (Phi) is 7.16. The first-order valence-electron chi connectivity index (χ1n) is 8.77. The molecule has 0 saturated heterocycles. The van der Waals surface area contributed by atoms with Gasteiger partial charge in [0, 0.05) is 11.3 Å². The van der Waals surface area contributed by atoms with Gasteiger partial charge in [-0.2, -0.15) is 0 Å². The highest BCUT2D eigenvalue weighted by molar-refractivity contribution is 7.80. The van der Waals surface area contributed by atoms with E-state index >= 15 is 0 Å². The van der Waals surface area contributed by atoms with Crippen LogP contribution in [0.4, 0.5) is 5.69 Å². The Balaban J connectivity index is 1.95. The minimum atomic E-state index is -0.263. The Morgan fingerprint density at radius 1 is 1.12 bits per heavy atom. The smallest absolute Gasteiger partial charge is 0.257 e. The van der Waals surface area contributed by atoms with Gasteiger partial charge in [0.05, 0.1) is 6.61 Å². The van der Waals surface area contributed by atoms with Gasteiger partial charge in [-0.15, -0.1) is 0 Å². The minimum absolute atomic E-state index is 0.263. The summed E-state index contributed by atoms with van der Waals surface area (Å²) in [5.41, 5.74) is 3.64. The Morgan fingerprint density at radius 2 is 1.81 bits per heavy atom. The van der Waals surface area contributed by atoms with Crippen LogP contribution in [0.15, 0.2) is 42.5 Å². The van der Waals surface area contributed by atoms with Gasteiger partial charge in [0.25, 0.3) is 5.91 Å². The highest BCUT2D eigenvalue weighted by Crippen LogP contribution is 2.15. The SMILES string of the molecule is Cc1cc(C)cc(NC(=S)NC(=O)c2cccc(OCCC(C)C)c2)c1. The van der Waals surface area contributed by atoms with E-state index in [2.05, 4.69) is 30.5 Å². The van der Waals surface area contributed by atoms with Crippen molar-refractivity contribution in [1.82, 2.24) is 5.32 Å². The summed E-state index contributed by atoms with van der Waals surface area (Å²) in [6.45, 7) is 8.97. The van der Waals surface area contributed by atoms with Gasteiger partial charge in [0.2, 0.25) is 0 Å². The summed E-state index contributed by atoms with van der Waals surface area (Å²) >= 11 is 5.26. The number of anilines is 1. The molecule has 0 aliphatic carbocycles. The molecule has 1 amide bonds. The summed E-state index contributed by atoms with van der Waals surface area (Å²) in [5.74, 6) is 1.00. The largest absolute Gasteiger partial charge is 0.494 e. The van der Waals surface area contributed by atoms with Crippen molar-refractivity contribution in [3.63, 3.8) is 0 Å². The van der Waals surface area contributed by atoms with Gasteiger partial charge in [0.1, 0.15) is 5.75 Å². The van der Waals surface area contributed by atoms with Crippen molar-refractivity contribution in [2.75, 3.05) is 11.9 Å². The molecule has 26 heavy (non-hydrogen) atoms. The van der Waals surface area contributed by atoms with Crippen LogP contribution in [-0.2, 0) is 0 Å². The van der Waals surface area contributed by atoms with Crippen LogP contribution >= 0.6 is 12.2 Å². The van der Waals surface area contributed by atoms with Crippen molar-refractivity contribution in [3.05, 3.63) is 59.2 Å². The molecule has 0 saturated carbocycles. The maximum absolute atomic E-state index is 12.4. The maximum atomic E-state index is 12.4. The molecule has 0 radical (unpaired) electrons. The molecule has 2 N–H and O–H groups in total. The van der Waals surface area contributed by atoms with Crippen LogP contribution in [0.3, 0.4) is 0 Å². The second kappa shape index (κ2) is 9.34. The monoisotopic (exact) mass is 370 g/mol. The highest BCUT2D eigenvalue weighted by Gasteiger charge is 2.09. The number of amides is 1. The Bertz CT molecular complexity index is 767. The first-order chi connectivity index (χ1) is 12.3. The predicted molar refractivity (Wildman–Crippen MR) is 111 cm³/mol. The topological polar surface area (TPSA) is 50.4 Å². The van der Waals surface area contributed by atoms with E-state index in [1.54, 1.807) is 18.2 Å². The summed E-state index contributed by atoms with van der Waals surface area (Å²) in [6.07, 6.45) is 0.973. The minimum Gasteiger partial charge on any atom is -0.494 e. The lowest BCUT2D eigenvalue weighted by Gasteiger charge is -2.12. The molecule has 0 unspecified atom stereocenters. The quantitative estimate of drug-likeness (QED) is 0.713. The third-order valence-electron chi connectivity index (χ3n) is 3.77. The highest BCUT2D eigenvalue weighted by atomic mass is 32.1. The van der Waals surface area contributed by atoms with E-state index < -0.39 is 0 Å². The van der Waals surface area contributed by atoms with Gasteiger partial charge in [-0.25, -0.2) is 0 Å². The summed E-state index contributed by atoms with van der Waals surface area (Å²) in [5, 5.41) is 6.03. The number of aryl methyl sites for hydroxylation is 2. The molecule has 5 heteroatoms. The van der Waals surface area contributed by atoms with Gasteiger partial charge in [-0.3, -0.25) is 10.1 Å². The third kappa shape index (κ3) is 6.48. The molecule has 138 valence electrons. The van der Waals surface area contributed by atoms with Gasteiger partial charge in [0.15, 0.2) is 5.11 Å². The van der Waals surface area contributed by atoms with Crippen LogP contribution < -0.4 is 15.4 Å². The van der Waals surface area contributed by atoms with Crippen LogP contribution in [0.25, 0.3) is 0 Å². The van der Waals surface area contributed by atoms with Crippen molar-refractivity contribution >= 4 is 28.9 Å². The normalized spacial score (nSPS) is 10.5. The average molecular weight is 371 g/mol. The van der Waals surface area contributed by atoms with Crippen LogP contribution in [0.2, 0.25) is 0 Å². The van der Waals surface area contributed by atoms with Crippen LogP contribution in [0, 0.1) is 19.8 Å². The van der Waals surface area contributed by atoms with Crippen molar-refractivity contribution in [3.8, 4) is 5.75 Å². The van der Waals surface area contributed by atoms with E-state index in [1.807, 2.05) is 32.0 Å². The number of hydrogen-bond donors (Lipinski definition) is 2. The zero-order valence-corrected chi connectivity index (χ0v) is 16.6. The maximum Gasteiger partial charge on any atom is 0.257 e. The number of nitrogens with one attached hydrogen (secondary N) is 2. The number of carbonyl (C=O) groups excluding carboxylic acids is 1. The predicted octanol–water partition coefficient (Wildman–Crippen LogP) is 4.86. The van der Waals surface area contributed by atoms with Gasteiger partial charge < -0.3 is 10.1 Å². The summed E-state index contributed by atoms with van der Waals surface area (Å²) < 4.78 is 5.71. The first-order valence-corrected chi connectivity index (χ1v) is 9.18. The van der Waals surface area contributed by atoms with Crippen LogP contribution in [-0.4, -0.2) is 17.6 Å². The fourth-order valence-electron chi connectivity index (χ4n) is 2.52. The molecule has 2 aromatic rings. The van der Waals surface area contributed by atoms with Crippen LogP contribution in [0.1, 0.15) is 41.8 Å². The molecule has 0 atom stereocenters. The molecule has 0 spiro atoms. The van der Waals surface area contributed by atoms with Gasteiger partial charge >= 0.3 is 0 Å². The first kappa shape index (κ1) is 19.9. The van der Waals surface area contributed by atoms with Crippen molar-refractivity contribution in [2.45, 2.75) is 34.1 Å². The lowest BCUT2D eigenvalue weighted by Crippen LogP contribution is -2.34. The molecular weight excluding hydrogens is 344 g/mol. The second-order valence-corrected chi connectivity index (χ2v) is 7.25. The van der Waals surface area contributed by atoms with E-state index in [0.717, 1.165) is 23.2 Å². The molecule has 4 nitrogen and oxygen atoms in total. The average Bonchev–Trinajstić information content (AvgIpc) is 2.53. The summed E-state index contributed by atoms with van der Waals surface area (Å²) in [6, 6.07) is 13.2. The fraction of sp³-hybridized carbons (Fsp3) is 0.333. The number of benzene rings is 2. The summed E-state index contributed by atoms with van der Waals surface area (Å²) in [4.78, 5) is 12.4. The fourth-order valence-corrected chi connectivity index (χ4v) is 2.73. The lowest BCUT2D eigenvalue weighted by atomic mass is 10.1. The molecular formula is C21H26N2O2S.